The van der Waals surface area contributed by atoms with Gasteiger partial charge >= 0.3 is 12.1 Å². The summed E-state index contributed by atoms with van der Waals surface area (Å²) in [5.74, 6) is -2.31. The Labute approximate surface area is 112 Å². The Balaban J connectivity index is 2.30. The van der Waals surface area contributed by atoms with E-state index in [4.69, 9.17) is 16.7 Å². The van der Waals surface area contributed by atoms with Crippen LogP contribution in [0.5, 0.6) is 0 Å². The summed E-state index contributed by atoms with van der Waals surface area (Å²) in [7, 11) is 0. The zero-order valence-corrected chi connectivity index (χ0v) is 10.4. The van der Waals surface area contributed by atoms with Crippen LogP contribution in [0.4, 0.5) is 13.2 Å². The smallest absolute Gasteiger partial charge is 0.416 e. The molecule has 1 aromatic rings. The fraction of sp³-hybridized carbons (Fsp3) is 0.308. The number of halogens is 4. The molecule has 6 heteroatoms. The first kappa shape index (κ1) is 13.9. The van der Waals surface area contributed by atoms with E-state index in [1.165, 1.54) is 24.3 Å². The van der Waals surface area contributed by atoms with Crippen molar-refractivity contribution in [2.24, 2.45) is 11.8 Å². The van der Waals surface area contributed by atoms with Gasteiger partial charge in [0, 0.05) is 5.02 Å². The molecule has 0 amide bonds. The lowest BCUT2D eigenvalue weighted by Gasteiger charge is -2.12. The molecule has 0 radical (unpaired) electrons. The molecule has 2 unspecified atom stereocenters. The van der Waals surface area contributed by atoms with E-state index >= 15 is 0 Å². The van der Waals surface area contributed by atoms with E-state index < -0.39 is 29.6 Å². The van der Waals surface area contributed by atoms with Crippen molar-refractivity contribution < 1.29 is 23.1 Å². The van der Waals surface area contributed by atoms with Crippen molar-refractivity contribution in [3.8, 4) is 0 Å². The van der Waals surface area contributed by atoms with Crippen molar-refractivity contribution in [2.75, 3.05) is 0 Å². The molecule has 2 nitrogen and oxygen atoms in total. The van der Waals surface area contributed by atoms with Crippen molar-refractivity contribution in [1.82, 2.24) is 0 Å². The van der Waals surface area contributed by atoms with Gasteiger partial charge in [0.1, 0.15) is 0 Å². The number of carboxylic acids is 1. The highest BCUT2D eigenvalue weighted by Crippen LogP contribution is 2.44. The molecule has 0 heterocycles. The first-order chi connectivity index (χ1) is 8.79. The molecule has 1 N–H and O–H groups in total. The van der Waals surface area contributed by atoms with Crippen LogP contribution in [0.25, 0.3) is 5.57 Å². The maximum absolute atomic E-state index is 13.0. The zero-order valence-electron chi connectivity index (χ0n) is 9.62. The van der Waals surface area contributed by atoms with Gasteiger partial charge in [-0.15, -0.1) is 0 Å². The van der Waals surface area contributed by atoms with Gasteiger partial charge in [-0.25, -0.2) is 0 Å². The van der Waals surface area contributed by atoms with Crippen LogP contribution < -0.4 is 0 Å². The molecule has 0 spiro atoms. The summed E-state index contributed by atoms with van der Waals surface area (Å²) < 4.78 is 38.9. The molecule has 1 aromatic carbocycles. The third-order valence-corrected chi connectivity index (χ3v) is 3.25. The standard InChI is InChI=1S/C13H10ClF3O2/c14-9-3-1-7(2-4-9)11(13(15,16)17)6-8-5-10(8)12(18)19/h1-4,6,8,10H,5H2,(H,18,19). The van der Waals surface area contributed by atoms with Gasteiger partial charge in [0.25, 0.3) is 0 Å². The Bertz CT molecular complexity index is 520. The molecular formula is C13H10ClF3O2. The number of allylic oxidation sites excluding steroid dienone is 2. The monoisotopic (exact) mass is 290 g/mol. The van der Waals surface area contributed by atoms with E-state index in [0.29, 0.717) is 5.02 Å². The molecule has 1 fully saturated rings. The van der Waals surface area contributed by atoms with Crippen LogP contribution >= 0.6 is 11.6 Å². The molecule has 102 valence electrons. The summed E-state index contributed by atoms with van der Waals surface area (Å²) in [6.07, 6.45) is -3.26. The molecular weight excluding hydrogens is 281 g/mol. The summed E-state index contributed by atoms with van der Waals surface area (Å²) in [5, 5.41) is 9.07. The van der Waals surface area contributed by atoms with Crippen LogP contribution in [0, 0.1) is 11.8 Å². The Kier molecular flexibility index (Phi) is 3.58. The quantitative estimate of drug-likeness (QED) is 0.913. The van der Waals surface area contributed by atoms with E-state index in [1.807, 2.05) is 0 Å². The molecule has 1 aliphatic carbocycles. The lowest BCUT2D eigenvalue weighted by atomic mass is 10.0. The predicted octanol–water partition coefficient (Wildman–Crippen LogP) is 4.01. The summed E-state index contributed by atoms with van der Waals surface area (Å²) in [6, 6.07) is 5.30. The average molecular weight is 291 g/mol. The Morgan fingerprint density at radius 2 is 1.89 bits per heavy atom. The molecule has 2 atom stereocenters. The van der Waals surface area contributed by atoms with Crippen molar-refractivity contribution in [1.29, 1.82) is 0 Å². The molecule has 0 saturated heterocycles. The number of alkyl halides is 3. The van der Waals surface area contributed by atoms with E-state index in [-0.39, 0.29) is 12.0 Å². The first-order valence-corrected chi connectivity index (χ1v) is 5.94. The van der Waals surface area contributed by atoms with E-state index in [1.54, 1.807) is 0 Å². The molecule has 1 aliphatic rings. The number of aliphatic carboxylic acids is 1. The average Bonchev–Trinajstić information content (AvgIpc) is 3.05. The Hall–Kier alpha value is -1.49. The highest BCUT2D eigenvalue weighted by molar-refractivity contribution is 6.30. The highest BCUT2D eigenvalue weighted by atomic mass is 35.5. The van der Waals surface area contributed by atoms with E-state index in [0.717, 1.165) is 6.08 Å². The SMILES string of the molecule is O=C(O)C1CC1C=C(c1ccc(Cl)cc1)C(F)(F)F. The van der Waals surface area contributed by atoms with Crippen molar-refractivity contribution in [2.45, 2.75) is 12.6 Å². The minimum Gasteiger partial charge on any atom is -0.481 e. The van der Waals surface area contributed by atoms with Crippen molar-refractivity contribution in [3.05, 3.63) is 40.9 Å². The molecule has 19 heavy (non-hydrogen) atoms. The third kappa shape index (κ3) is 3.29. The second-order valence-corrected chi connectivity index (χ2v) is 4.87. The van der Waals surface area contributed by atoms with Crippen LogP contribution in [0.3, 0.4) is 0 Å². The number of hydrogen-bond acceptors (Lipinski definition) is 1. The van der Waals surface area contributed by atoms with Crippen molar-refractivity contribution in [3.63, 3.8) is 0 Å². The lowest BCUT2D eigenvalue weighted by molar-refractivity contribution is -0.138. The van der Waals surface area contributed by atoms with Gasteiger partial charge in [-0.05, 0) is 30.0 Å². The van der Waals surface area contributed by atoms with Gasteiger partial charge in [0.2, 0.25) is 0 Å². The minimum atomic E-state index is -4.51. The molecule has 0 aliphatic heterocycles. The second-order valence-electron chi connectivity index (χ2n) is 4.43. The third-order valence-electron chi connectivity index (χ3n) is 3.00. The van der Waals surface area contributed by atoms with Gasteiger partial charge in [-0.1, -0.05) is 29.8 Å². The second kappa shape index (κ2) is 4.89. The largest absolute Gasteiger partial charge is 0.481 e. The highest BCUT2D eigenvalue weighted by Gasteiger charge is 2.44. The van der Waals surface area contributed by atoms with E-state index in [9.17, 15) is 18.0 Å². The predicted molar refractivity (Wildman–Crippen MR) is 64.7 cm³/mol. The summed E-state index contributed by atoms with van der Waals surface area (Å²) in [5.41, 5.74) is -0.814. The molecule has 1 saturated carbocycles. The lowest BCUT2D eigenvalue weighted by Crippen LogP contribution is -2.11. The number of rotatable bonds is 3. The summed E-state index contributed by atoms with van der Waals surface area (Å²) >= 11 is 5.63. The number of benzene rings is 1. The normalized spacial score (nSPS) is 23.3. The van der Waals surface area contributed by atoms with Crippen LogP contribution in [0.15, 0.2) is 30.3 Å². The Morgan fingerprint density at radius 1 is 1.32 bits per heavy atom. The molecule has 2 rings (SSSR count). The summed E-state index contributed by atoms with van der Waals surface area (Å²) in [4.78, 5) is 10.7. The number of carboxylic acid groups (broad SMARTS) is 1. The van der Waals surface area contributed by atoms with Crippen LogP contribution in [0.1, 0.15) is 12.0 Å². The van der Waals surface area contributed by atoms with Gasteiger partial charge in [-0.3, -0.25) is 4.79 Å². The maximum Gasteiger partial charge on any atom is 0.416 e. The Morgan fingerprint density at radius 3 is 2.32 bits per heavy atom. The number of hydrogen-bond donors (Lipinski definition) is 1. The molecule has 0 aromatic heterocycles. The fourth-order valence-corrected chi connectivity index (χ4v) is 2.01. The fourth-order valence-electron chi connectivity index (χ4n) is 1.88. The molecule has 0 bridgehead atoms. The van der Waals surface area contributed by atoms with Gasteiger partial charge < -0.3 is 5.11 Å². The number of carbonyl (C=O) groups is 1. The first-order valence-electron chi connectivity index (χ1n) is 5.57. The van der Waals surface area contributed by atoms with Gasteiger partial charge in [0.15, 0.2) is 0 Å². The van der Waals surface area contributed by atoms with Crippen LogP contribution in [0.2, 0.25) is 5.02 Å². The summed E-state index contributed by atoms with van der Waals surface area (Å²) in [6.45, 7) is 0. The van der Waals surface area contributed by atoms with Crippen LogP contribution in [-0.2, 0) is 4.79 Å². The van der Waals surface area contributed by atoms with Gasteiger partial charge in [-0.2, -0.15) is 13.2 Å². The minimum absolute atomic E-state index is 0.00654. The van der Waals surface area contributed by atoms with E-state index in [2.05, 4.69) is 0 Å². The zero-order chi connectivity index (χ0) is 14.2. The maximum atomic E-state index is 13.0. The topological polar surface area (TPSA) is 37.3 Å². The van der Waals surface area contributed by atoms with Gasteiger partial charge in [0.05, 0.1) is 11.5 Å². The van der Waals surface area contributed by atoms with Crippen LogP contribution in [-0.4, -0.2) is 17.3 Å². The van der Waals surface area contributed by atoms with Crippen molar-refractivity contribution >= 4 is 23.1 Å².